The lowest BCUT2D eigenvalue weighted by molar-refractivity contribution is 0.125. The lowest BCUT2D eigenvalue weighted by Crippen LogP contribution is -2.45. The van der Waals surface area contributed by atoms with Crippen molar-refractivity contribution in [3.63, 3.8) is 0 Å². The summed E-state index contributed by atoms with van der Waals surface area (Å²) in [6, 6.07) is 2.18. The summed E-state index contributed by atoms with van der Waals surface area (Å²) in [5.41, 5.74) is 1.25. The number of piperazine rings is 1. The summed E-state index contributed by atoms with van der Waals surface area (Å²) >= 11 is 0. The monoisotopic (exact) mass is 251 g/mol. The lowest BCUT2D eigenvalue weighted by atomic mass is 10.2. The van der Waals surface area contributed by atoms with E-state index < -0.39 is 0 Å². The molecule has 0 radical (unpaired) electrons. The smallest absolute Gasteiger partial charge is 0.118 e. The van der Waals surface area contributed by atoms with Crippen LogP contribution in [0.2, 0.25) is 0 Å². The number of hydrogen-bond acceptors (Lipinski definition) is 4. The maximum Gasteiger partial charge on any atom is 0.118 e. The quantitative estimate of drug-likeness (QED) is 0.831. The van der Waals surface area contributed by atoms with Gasteiger partial charge in [0, 0.05) is 38.3 Å². The van der Waals surface area contributed by atoms with Crippen LogP contribution in [0.15, 0.2) is 16.7 Å². The van der Waals surface area contributed by atoms with Crippen LogP contribution >= 0.6 is 0 Å². The van der Waals surface area contributed by atoms with E-state index in [-0.39, 0.29) is 0 Å². The molecule has 1 fully saturated rings. The SMILES string of the molecule is CCNCc1coc(CN2CCN(CC)CC2)c1. The first-order valence-electron chi connectivity index (χ1n) is 7.03. The van der Waals surface area contributed by atoms with Gasteiger partial charge in [-0.05, 0) is 19.2 Å². The van der Waals surface area contributed by atoms with Crippen LogP contribution in [0, 0.1) is 0 Å². The fourth-order valence-electron chi connectivity index (χ4n) is 2.36. The molecule has 1 aromatic heterocycles. The number of rotatable bonds is 6. The molecular formula is C14H25N3O. The number of furan rings is 1. The summed E-state index contributed by atoms with van der Waals surface area (Å²) in [4.78, 5) is 4.97. The Morgan fingerprint density at radius 1 is 1.17 bits per heavy atom. The van der Waals surface area contributed by atoms with Gasteiger partial charge >= 0.3 is 0 Å². The Hall–Kier alpha value is -0.840. The van der Waals surface area contributed by atoms with Crippen LogP contribution in [0.4, 0.5) is 0 Å². The average Bonchev–Trinajstić information content (AvgIpc) is 2.85. The predicted molar refractivity (Wildman–Crippen MR) is 73.5 cm³/mol. The highest BCUT2D eigenvalue weighted by atomic mass is 16.3. The molecular weight excluding hydrogens is 226 g/mol. The highest BCUT2D eigenvalue weighted by Crippen LogP contribution is 2.12. The van der Waals surface area contributed by atoms with E-state index in [0.29, 0.717) is 0 Å². The summed E-state index contributed by atoms with van der Waals surface area (Å²) in [6.45, 7) is 13.0. The van der Waals surface area contributed by atoms with E-state index in [1.54, 1.807) is 0 Å². The van der Waals surface area contributed by atoms with Crippen molar-refractivity contribution in [2.75, 3.05) is 39.3 Å². The van der Waals surface area contributed by atoms with Gasteiger partial charge in [-0.15, -0.1) is 0 Å². The highest BCUT2D eigenvalue weighted by molar-refractivity contribution is 5.12. The molecule has 1 aliphatic heterocycles. The van der Waals surface area contributed by atoms with Crippen LogP contribution in [0.3, 0.4) is 0 Å². The Bertz CT molecular complexity index is 343. The Labute approximate surface area is 110 Å². The molecule has 0 spiro atoms. The van der Waals surface area contributed by atoms with Crippen molar-refractivity contribution < 1.29 is 4.42 Å². The van der Waals surface area contributed by atoms with Crippen molar-refractivity contribution in [3.05, 3.63) is 23.7 Å². The first-order valence-corrected chi connectivity index (χ1v) is 7.03. The van der Waals surface area contributed by atoms with Gasteiger partial charge in [-0.1, -0.05) is 13.8 Å². The number of likely N-dealkylation sites (N-methyl/N-ethyl adjacent to an activating group) is 1. The Morgan fingerprint density at radius 3 is 2.56 bits per heavy atom. The number of hydrogen-bond donors (Lipinski definition) is 1. The van der Waals surface area contributed by atoms with Gasteiger partial charge in [0.25, 0.3) is 0 Å². The summed E-state index contributed by atoms with van der Waals surface area (Å²) < 4.78 is 5.62. The molecule has 0 saturated carbocycles. The van der Waals surface area contributed by atoms with Gasteiger partial charge in [0.15, 0.2) is 0 Å². The van der Waals surface area contributed by atoms with Gasteiger partial charge in [0.05, 0.1) is 12.8 Å². The highest BCUT2D eigenvalue weighted by Gasteiger charge is 2.16. The van der Waals surface area contributed by atoms with Gasteiger partial charge in [0.2, 0.25) is 0 Å². The minimum atomic E-state index is 0.906. The molecule has 0 amide bonds. The third-order valence-electron chi connectivity index (χ3n) is 3.58. The largest absolute Gasteiger partial charge is 0.468 e. The molecule has 4 nitrogen and oxygen atoms in total. The molecule has 1 N–H and O–H groups in total. The average molecular weight is 251 g/mol. The third-order valence-corrected chi connectivity index (χ3v) is 3.58. The Morgan fingerprint density at radius 2 is 1.89 bits per heavy atom. The van der Waals surface area contributed by atoms with Gasteiger partial charge in [-0.25, -0.2) is 0 Å². The normalized spacial score (nSPS) is 18.3. The van der Waals surface area contributed by atoms with Crippen molar-refractivity contribution in [1.82, 2.24) is 15.1 Å². The summed E-state index contributed by atoms with van der Waals surface area (Å²) in [7, 11) is 0. The lowest BCUT2D eigenvalue weighted by Gasteiger charge is -2.33. The molecule has 102 valence electrons. The zero-order chi connectivity index (χ0) is 12.8. The van der Waals surface area contributed by atoms with E-state index in [1.165, 1.54) is 25.2 Å². The topological polar surface area (TPSA) is 31.7 Å². The van der Waals surface area contributed by atoms with Gasteiger partial charge < -0.3 is 14.6 Å². The van der Waals surface area contributed by atoms with Crippen molar-refractivity contribution >= 4 is 0 Å². The van der Waals surface area contributed by atoms with Crippen LogP contribution in [-0.4, -0.2) is 49.1 Å². The summed E-state index contributed by atoms with van der Waals surface area (Å²) in [6.07, 6.45) is 1.88. The molecule has 1 aliphatic rings. The summed E-state index contributed by atoms with van der Waals surface area (Å²) in [5, 5.41) is 3.31. The standard InChI is InChI=1S/C14H25N3O/c1-3-15-10-13-9-14(18-12-13)11-17-7-5-16(4-2)6-8-17/h9,12,15H,3-8,10-11H2,1-2H3. The molecule has 0 atom stereocenters. The minimum absolute atomic E-state index is 0.906. The minimum Gasteiger partial charge on any atom is -0.468 e. The van der Waals surface area contributed by atoms with Gasteiger partial charge in [-0.3, -0.25) is 4.90 Å². The van der Waals surface area contributed by atoms with E-state index in [4.69, 9.17) is 4.42 Å². The Kier molecular flexibility index (Phi) is 5.23. The van der Waals surface area contributed by atoms with Crippen LogP contribution < -0.4 is 5.32 Å². The molecule has 1 aromatic rings. The zero-order valence-corrected chi connectivity index (χ0v) is 11.6. The fourth-order valence-corrected chi connectivity index (χ4v) is 2.36. The molecule has 2 heterocycles. The number of nitrogens with one attached hydrogen (secondary N) is 1. The second-order valence-corrected chi connectivity index (χ2v) is 4.91. The van der Waals surface area contributed by atoms with E-state index in [1.807, 2.05) is 6.26 Å². The summed E-state index contributed by atoms with van der Waals surface area (Å²) in [5.74, 6) is 1.09. The van der Waals surface area contributed by atoms with E-state index in [0.717, 1.165) is 38.5 Å². The maximum atomic E-state index is 5.62. The first-order chi connectivity index (χ1) is 8.81. The molecule has 1 saturated heterocycles. The Balaban J connectivity index is 1.77. The van der Waals surface area contributed by atoms with Crippen LogP contribution in [0.5, 0.6) is 0 Å². The van der Waals surface area contributed by atoms with Crippen LogP contribution in [0.25, 0.3) is 0 Å². The third kappa shape index (κ3) is 3.83. The van der Waals surface area contributed by atoms with Crippen molar-refractivity contribution in [1.29, 1.82) is 0 Å². The molecule has 4 heteroatoms. The second-order valence-electron chi connectivity index (χ2n) is 4.91. The van der Waals surface area contributed by atoms with Gasteiger partial charge in [0.1, 0.15) is 5.76 Å². The molecule has 0 bridgehead atoms. The molecule has 0 aromatic carbocycles. The number of nitrogens with zero attached hydrogens (tertiary/aromatic N) is 2. The van der Waals surface area contributed by atoms with Crippen molar-refractivity contribution in [2.24, 2.45) is 0 Å². The first kappa shape index (κ1) is 13.6. The zero-order valence-electron chi connectivity index (χ0n) is 11.6. The predicted octanol–water partition coefficient (Wildman–Crippen LogP) is 1.53. The maximum absolute atomic E-state index is 5.62. The van der Waals surface area contributed by atoms with Crippen molar-refractivity contribution in [2.45, 2.75) is 26.9 Å². The molecule has 0 unspecified atom stereocenters. The van der Waals surface area contributed by atoms with Crippen LogP contribution in [-0.2, 0) is 13.1 Å². The fraction of sp³-hybridized carbons (Fsp3) is 0.714. The van der Waals surface area contributed by atoms with E-state index in [9.17, 15) is 0 Å². The van der Waals surface area contributed by atoms with Gasteiger partial charge in [-0.2, -0.15) is 0 Å². The molecule has 2 rings (SSSR count). The molecule has 0 aliphatic carbocycles. The molecule has 18 heavy (non-hydrogen) atoms. The van der Waals surface area contributed by atoms with Crippen LogP contribution in [0.1, 0.15) is 25.2 Å². The van der Waals surface area contributed by atoms with E-state index in [2.05, 4.69) is 35.0 Å². The van der Waals surface area contributed by atoms with Crippen molar-refractivity contribution in [3.8, 4) is 0 Å². The van der Waals surface area contributed by atoms with E-state index >= 15 is 0 Å². The second kappa shape index (κ2) is 6.92.